The SMILES string of the molecule is CC1CCCN(c2ccc(F)cc2[C@H](C)N)C1. The molecule has 1 heterocycles. The minimum atomic E-state index is -0.203. The van der Waals surface area contributed by atoms with Gasteiger partial charge in [0.1, 0.15) is 5.82 Å². The minimum absolute atomic E-state index is 0.127. The molecular formula is C14H21FN2. The number of piperidine rings is 1. The second-order valence-electron chi connectivity index (χ2n) is 5.19. The van der Waals surface area contributed by atoms with Crippen LogP contribution in [0.4, 0.5) is 10.1 Å². The van der Waals surface area contributed by atoms with Gasteiger partial charge in [0.2, 0.25) is 0 Å². The maximum atomic E-state index is 13.3. The summed E-state index contributed by atoms with van der Waals surface area (Å²) < 4.78 is 13.3. The van der Waals surface area contributed by atoms with Crippen LogP contribution in [-0.2, 0) is 0 Å². The van der Waals surface area contributed by atoms with Gasteiger partial charge in [-0.05, 0) is 49.4 Å². The lowest BCUT2D eigenvalue weighted by Crippen LogP contribution is -2.35. The fourth-order valence-electron chi connectivity index (χ4n) is 2.59. The summed E-state index contributed by atoms with van der Waals surface area (Å²) in [4.78, 5) is 2.34. The van der Waals surface area contributed by atoms with E-state index in [-0.39, 0.29) is 11.9 Å². The van der Waals surface area contributed by atoms with Crippen LogP contribution in [0.3, 0.4) is 0 Å². The van der Waals surface area contributed by atoms with E-state index in [4.69, 9.17) is 5.73 Å². The zero-order valence-corrected chi connectivity index (χ0v) is 10.6. The smallest absolute Gasteiger partial charge is 0.123 e. The molecule has 3 heteroatoms. The third-order valence-electron chi connectivity index (χ3n) is 3.48. The predicted molar refractivity (Wildman–Crippen MR) is 69.6 cm³/mol. The molecule has 94 valence electrons. The lowest BCUT2D eigenvalue weighted by Gasteiger charge is -2.34. The van der Waals surface area contributed by atoms with Crippen molar-refractivity contribution < 1.29 is 4.39 Å². The van der Waals surface area contributed by atoms with Gasteiger partial charge in [-0.1, -0.05) is 6.92 Å². The number of hydrogen-bond donors (Lipinski definition) is 1. The van der Waals surface area contributed by atoms with Crippen molar-refractivity contribution in [1.29, 1.82) is 0 Å². The molecule has 2 nitrogen and oxygen atoms in total. The van der Waals surface area contributed by atoms with Crippen LogP contribution in [0.25, 0.3) is 0 Å². The van der Waals surface area contributed by atoms with E-state index in [1.807, 2.05) is 13.0 Å². The molecule has 2 atom stereocenters. The number of rotatable bonds is 2. The van der Waals surface area contributed by atoms with Crippen LogP contribution < -0.4 is 10.6 Å². The highest BCUT2D eigenvalue weighted by molar-refractivity contribution is 5.55. The average molecular weight is 236 g/mol. The second-order valence-corrected chi connectivity index (χ2v) is 5.19. The van der Waals surface area contributed by atoms with Gasteiger partial charge >= 0.3 is 0 Å². The Bertz CT molecular complexity index is 390. The Labute approximate surface area is 103 Å². The zero-order chi connectivity index (χ0) is 12.4. The number of halogens is 1. The minimum Gasteiger partial charge on any atom is -0.371 e. The third kappa shape index (κ3) is 2.78. The fraction of sp³-hybridized carbons (Fsp3) is 0.571. The van der Waals surface area contributed by atoms with Crippen molar-refractivity contribution in [2.75, 3.05) is 18.0 Å². The standard InChI is InChI=1S/C14H21FN2/c1-10-4-3-7-17(9-10)14-6-5-12(15)8-13(14)11(2)16/h5-6,8,10-11H,3-4,7,9,16H2,1-2H3/t10?,11-/m0/s1. The molecule has 1 unspecified atom stereocenters. The third-order valence-corrected chi connectivity index (χ3v) is 3.48. The van der Waals surface area contributed by atoms with Gasteiger partial charge in [0.05, 0.1) is 0 Å². The van der Waals surface area contributed by atoms with Crippen LogP contribution in [0.2, 0.25) is 0 Å². The summed E-state index contributed by atoms with van der Waals surface area (Å²) in [5, 5.41) is 0. The molecule has 1 aromatic carbocycles. The fourth-order valence-corrected chi connectivity index (χ4v) is 2.59. The summed E-state index contributed by atoms with van der Waals surface area (Å²) in [5.41, 5.74) is 7.95. The van der Waals surface area contributed by atoms with Gasteiger partial charge in [0.15, 0.2) is 0 Å². The number of anilines is 1. The molecular weight excluding hydrogens is 215 g/mol. The van der Waals surface area contributed by atoms with E-state index in [2.05, 4.69) is 11.8 Å². The Balaban J connectivity index is 2.30. The number of benzene rings is 1. The first-order chi connectivity index (χ1) is 8.08. The van der Waals surface area contributed by atoms with Crippen LogP contribution in [-0.4, -0.2) is 13.1 Å². The molecule has 0 aromatic heterocycles. The largest absolute Gasteiger partial charge is 0.371 e. The van der Waals surface area contributed by atoms with Gasteiger partial charge in [-0.3, -0.25) is 0 Å². The van der Waals surface area contributed by atoms with E-state index in [0.717, 1.165) is 24.3 Å². The van der Waals surface area contributed by atoms with E-state index in [9.17, 15) is 4.39 Å². The second kappa shape index (κ2) is 5.05. The highest BCUT2D eigenvalue weighted by Crippen LogP contribution is 2.29. The first kappa shape index (κ1) is 12.4. The Morgan fingerprint density at radius 2 is 2.24 bits per heavy atom. The molecule has 0 spiro atoms. The van der Waals surface area contributed by atoms with Crippen LogP contribution in [0.1, 0.15) is 38.3 Å². The highest BCUT2D eigenvalue weighted by atomic mass is 19.1. The molecule has 2 N–H and O–H groups in total. The highest BCUT2D eigenvalue weighted by Gasteiger charge is 2.20. The molecule has 0 bridgehead atoms. The first-order valence-electron chi connectivity index (χ1n) is 6.38. The molecule has 0 radical (unpaired) electrons. The Morgan fingerprint density at radius 3 is 2.88 bits per heavy atom. The number of hydrogen-bond acceptors (Lipinski definition) is 2. The Kier molecular flexibility index (Phi) is 3.67. The van der Waals surface area contributed by atoms with Gasteiger partial charge in [-0.2, -0.15) is 0 Å². The summed E-state index contributed by atoms with van der Waals surface area (Å²) in [7, 11) is 0. The lowest BCUT2D eigenvalue weighted by molar-refractivity contribution is 0.445. The molecule has 1 aromatic rings. The van der Waals surface area contributed by atoms with E-state index < -0.39 is 0 Å². The molecule has 1 aliphatic rings. The van der Waals surface area contributed by atoms with E-state index in [0.29, 0.717) is 5.92 Å². The normalized spacial score (nSPS) is 22.6. The van der Waals surface area contributed by atoms with Gasteiger partial charge < -0.3 is 10.6 Å². The van der Waals surface area contributed by atoms with Crippen molar-refractivity contribution in [3.8, 4) is 0 Å². The molecule has 17 heavy (non-hydrogen) atoms. The molecule has 0 saturated carbocycles. The summed E-state index contributed by atoms with van der Waals surface area (Å²) in [5.74, 6) is 0.501. The molecule has 1 fully saturated rings. The van der Waals surface area contributed by atoms with E-state index in [1.165, 1.54) is 18.9 Å². The van der Waals surface area contributed by atoms with Crippen molar-refractivity contribution in [3.05, 3.63) is 29.6 Å². The lowest BCUT2D eigenvalue weighted by atomic mass is 9.97. The maximum absolute atomic E-state index is 13.3. The first-order valence-corrected chi connectivity index (χ1v) is 6.38. The van der Waals surface area contributed by atoms with Crippen molar-refractivity contribution in [2.24, 2.45) is 11.7 Å². The Hall–Kier alpha value is -1.09. The van der Waals surface area contributed by atoms with Crippen LogP contribution >= 0.6 is 0 Å². The van der Waals surface area contributed by atoms with Crippen molar-refractivity contribution in [3.63, 3.8) is 0 Å². The molecule has 2 rings (SSSR count). The van der Waals surface area contributed by atoms with Crippen molar-refractivity contribution in [1.82, 2.24) is 0 Å². The molecule has 0 aliphatic carbocycles. The molecule has 0 amide bonds. The van der Waals surface area contributed by atoms with Crippen molar-refractivity contribution >= 4 is 5.69 Å². The van der Waals surface area contributed by atoms with Gasteiger partial charge in [0.25, 0.3) is 0 Å². The van der Waals surface area contributed by atoms with Crippen LogP contribution in [0.5, 0.6) is 0 Å². The average Bonchev–Trinajstić information content (AvgIpc) is 2.28. The Morgan fingerprint density at radius 1 is 1.47 bits per heavy atom. The predicted octanol–water partition coefficient (Wildman–Crippen LogP) is 3.08. The summed E-state index contributed by atoms with van der Waals surface area (Å²) in [6.45, 7) is 6.27. The summed E-state index contributed by atoms with van der Waals surface area (Å²) in [6.07, 6.45) is 2.49. The number of nitrogens with zero attached hydrogens (tertiary/aromatic N) is 1. The topological polar surface area (TPSA) is 29.3 Å². The summed E-state index contributed by atoms with van der Waals surface area (Å²) >= 11 is 0. The van der Waals surface area contributed by atoms with Crippen molar-refractivity contribution in [2.45, 2.75) is 32.7 Å². The maximum Gasteiger partial charge on any atom is 0.123 e. The van der Waals surface area contributed by atoms with Gasteiger partial charge in [0, 0.05) is 24.8 Å². The van der Waals surface area contributed by atoms with Gasteiger partial charge in [-0.25, -0.2) is 4.39 Å². The quantitative estimate of drug-likeness (QED) is 0.855. The number of nitrogens with two attached hydrogens (primary N) is 1. The van der Waals surface area contributed by atoms with E-state index in [1.54, 1.807) is 6.07 Å². The van der Waals surface area contributed by atoms with Crippen LogP contribution in [0, 0.1) is 11.7 Å². The zero-order valence-electron chi connectivity index (χ0n) is 10.6. The van der Waals surface area contributed by atoms with E-state index >= 15 is 0 Å². The monoisotopic (exact) mass is 236 g/mol. The molecule has 1 aliphatic heterocycles. The van der Waals surface area contributed by atoms with Gasteiger partial charge in [-0.15, -0.1) is 0 Å². The molecule has 1 saturated heterocycles. The summed E-state index contributed by atoms with van der Waals surface area (Å²) in [6, 6.07) is 4.84. The van der Waals surface area contributed by atoms with Crippen LogP contribution in [0.15, 0.2) is 18.2 Å².